The third-order valence-corrected chi connectivity index (χ3v) is 3.24. The minimum atomic E-state index is -0.856. The van der Waals surface area contributed by atoms with E-state index in [-0.39, 0.29) is 0 Å². The van der Waals surface area contributed by atoms with Crippen molar-refractivity contribution in [2.45, 2.75) is 26.4 Å². The van der Waals surface area contributed by atoms with Crippen LogP contribution in [-0.2, 0) is 18.4 Å². The van der Waals surface area contributed by atoms with Gasteiger partial charge in [0.1, 0.15) is 6.04 Å². The topological polar surface area (TPSA) is 67.2 Å². The molecule has 1 aromatic heterocycles. The van der Waals surface area contributed by atoms with E-state index in [4.69, 9.17) is 5.11 Å². The summed E-state index contributed by atoms with van der Waals surface area (Å²) in [4.78, 5) is 10.6. The lowest BCUT2D eigenvalue weighted by atomic mass is 10.3. The predicted molar refractivity (Wildman–Crippen MR) is 59.6 cm³/mol. The Morgan fingerprint density at radius 3 is 2.73 bits per heavy atom. The fourth-order valence-electron chi connectivity index (χ4n) is 1.21. The van der Waals surface area contributed by atoms with Gasteiger partial charge >= 0.3 is 5.97 Å². The highest BCUT2D eigenvalue weighted by atomic mass is 79.9. The minimum Gasteiger partial charge on any atom is -0.480 e. The minimum absolute atomic E-state index is 0.478. The Morgan fingerprint density at radius 1 is 1.73 bits per heavy atom. The molecule has 1 rings (SSSR count). The number of hydrogen-bond donors (Lipinski definition) is 2. The van der Waals surface area contributed by atoms with Gasteiger partial charge < -0.3 is 5.11 Å². The molecular formula is C9H14BrN3O2. The third-order valence-electron chi connectivity index (χ3n) is 2.21. The molecule has 0 bridgehead atoms. The van der Waals surface area contributed by atoms with Crippen molar-refractivity contribution in [2.24, 2.45) is 7.05 Å². The number of carboxylic acids is 1. The Hall–Kier alpha value is -0.880. The van der Waals surface area contributed by atoms with Gasteiger partial charge in [-0.25, -0.2) is 0 Å². The molecule has 0 aliphatic heterocycles. The fourth-order valence-corrected chi connectivity index (χ4v) is 1.69. The first-order valence-corrected chi connectivity index (χ1v) is 5.37. The first-order valence-electron chi connectivity index (χ1n) is 4.57. The molecule has 1 heterocycles. The molecular weight excluding hydrogens is 262 g/mol. The fraction of sp³-hybridized carbons (Fsp3) is 0.556. The van der Waals surface area contributed by atoms with Crippen LogP contribution in [0.4, 0.5) is 0 Å². The van der Waals surface area contributed by atoms with Gasteiger partial charge in [0.15, 0.2) is 0 Å². The zero-order chi connectivity index (χ0) is 11.6. The van der Waals surface area contributed by atoms with E-state index in [9.17, 15) is 4.79 Å². The van der Waals surface area contributed by atoms with Gasteiger partial charge in [0.05, 0.1) is 15.9 Å². The lowest BCUT2D eigenvalue weighted by Crippen LogP contribution is -2.33. The first-order chi connectivity index (χ1) is 6.93. The lowest BCUT2D eigenvalue weighted by Gasteiger charge is -2.09. The lowest BCUT2D eigenvalue weighted by molar-refractivity contribution is -0.139. The van der Waals surface area contributed by atoms with Gasteiger partial charge in [0.25, 0.3) is 0 Å². The number of aromatic nitrogens is 2. The first kappa shape index (κ1) is 12.2. The number of aryl methyl sites for hydroxylation is 2. The predicted octanol–water partition coefficient (Wildman–Crippen LogP) is 1.05. The van der Waals surface area contributed by atoms with Crippen LogP contribution in [0.5, 0.6) is 0 Å². The molecule has 0 amide bonds. The summed E-state index contributed by atoms with van der Waals surface area (Å²) < 4.78 is 2.66. The smallest absolute Gasteiger partial charge is 0.320 e. The number of nitrogens with zero attached hydrogens (tertiary/aromatic N) is 2. The summed E-state index contributed by atoms with van der Waals surface area (Å²) in [6.45, 7) is 3.99. The van der Waals surface area contributed by atoms with E-state index in [0.29, 0.717) is 6.54 Å². The van der Waals surface area contributed by atoms with Gasteiger partial charge in [0.2, 0.25) is 0 Å². The van der Waals surface area contributed by atoms with E-state index in [1.54, 1.807) is 11.6 Å². The second-order valence-electron chi connectivity index (χ2n) is 3.41. The van der Waals surface area contributed by atoms with Crippen LogP contribution >= 0.6 is 15.9 Å². The summed E-state index contributed by atoms with van der Waals surface area (Å²) in [6, 6.07) is -0.563. The van der Waals surface area contributed by atoms with Gasteiger partial charge in [0, 0.05) is 13.6 Å². The quantitative estimate of drug-likeness (QED) is 0.862. The molecule has 1 unspecified atom stereocenters. The Kier molecular flexibility index (Phi) is 3.87. The molecule has 0 saturated carbocycles. The molecule has 0 spiro atoms. The molecule has 1 atom stereocenters. The highest BCUT2D eigenvalue weighted by Crippen LogP contribution is 2.19. The molecule has 1 aromatic rings. The number of aliphatic carboxylic acids is 1. The zero-order valence-corrected chi connectivity index (χ0v) is 10.5. The van der Waals surface area contributed by atoms with Gasteiger partial charge in [-0.15, -0.1) is 0 Å². The second kappa shape index (κ2) is 4.76. The van der Waals surface area contributed by atoms with Crippen LogP contribution in [0.25, 0.3) is 0 Å². The maximum absolute atomic E-state index is 10.6. The number of carboxylic acid groups (broad SMARTS) is 1. The maximum atomic E-state index is 10.6. The van der Waals surface area contributed by atoms with Crippen molar-refractivity contribution in [2.75, 3.05) is 0 Å². The zero-order valence-electron chi connectivity index (χ0n) is 8.91. The van der Waals surface area contributed by atoms with Gasteiger partial charge in [-0.2, -0.15) is 5.10 Å². The summed E-state index contributed by atoms with van der Waals surface area (Å²) in [5.41, 5.74) is 1.85. The van der Waals surface area contributed by atoms with Crippen LogP contribution in [0.3, 0.4) is 0 Å². The summed E-state index contributed by atoms with van der Waals surface area (Å²) in [5.74, 6) is -0.856. The largest absolute Gasteiger partial charge is 0.480 e. The molecule has 0 radical (unpaired) electrons. The van der Waals surface area contributed by atoms with E-state index in [1.807, 2.05) is 14.0 Å². The highest BCUT2D eigenvalue weighted by molar-refractivity contribution is 9.10. The third kappa shape index (κ3) is 2.79. The molecule has 0 fully saturated rings. The summed E-state index contributed by atoms with van der Waals surface area (Å²) in [7, 11) is 1.83. The van der Waals surface area contributed by atoms with Crippen LogP contribution in [0, 0.1) is 6.92 Å². The average Bonchev–Trinajstić information content (AvgIpc) is 2.38. The van der Waals surface area contributed by atoms with Crippen molar-refractivity contribution in [1.82, 2.24) is 15.1 Å². The highest BCUT2D eigenvalue weighted by Gasteiger charge is 2.14. The molecule has 5 nitrogen and oxygen atoms in total. The number of halogens is 1. The van der Waals surface area contributed by atoms with Crippen LogP contribution in [0.1, 0.15) is 18.3 Å². The molecule has 0 aliphatic rings. The van der Waals surface area contributed by atoms with Crippen molar-refractivity contribution >= 4 is 21.9 Å². The summed E-state index contributed by atoms with van der Waals surface area (Å²) in [6.07, 6.45) is 0. The van der Waals surface area contributed by atoms with Crippen LogP contribution in [0.15, 0.2) is 4.47 Å². The Bertz CT molecular complexity index is 376. The number of rotatable bonds is 4. The van der Waals surface area contributed by atoms with E-state index in [1.165, 1.54) is 0 Å². The number of nitrogens with one attached hydrogen (secondary N) is 1. The standard InChI is InChI=1S/C9H14BrN3O2/c1-5-8(10)7(13(3)12-5)4-11-6(2)9(14)15/h6,11H,4H2,1-3H3,(H,14,15). The van der Waals surface area contributed by atoms with Gasteiger partial charge in [-0.1, -0.05) is 0 Å². The van der Waals surface area contributed by atoms with Crippen LogP contribution < -0.4 is 5.32 Å². The average molecular weight is 276 g/mol. The normalized spacial score (nSPS) is 12.8. The molecule has 84 valence electrons. The Labute approximate surface area is 96.6 Å². The molecule has 2 N–H and O–H groups in total. The van der Waals surface area contributed by atoms with E-state index < -0.39 is 12.0 Å². The monoisotopic (exact) mass is 275 g/mol. The van der Waals surface area contributed by atoms with E-state index in [0.717, 1.165) is 15.9 Å². The Balaban J connectivity index is 2.69. The van der Waals surface area contributed by atoms with Crippen molar-refractivity contribution in [1.29, 1.82) is 0 Å². The number of carbonyl (C=O) groups is 1. The molecule has 0 saturated heterocycles. The summed E-state index contributed by atoms with van der Waals surface area (Å²) >= 11 is 3.42. The molecule has 0 aliphatic carbocycles. The second-order valence-corrected chi connectivity index (χ2v) is 4.20. The van der Waals surface area contributed by atoms with Crippen LogP contribution in [-0.4, -0.2) is 26.9 Å². The number of hydrogen-bond acceptors (Lipinski definition) is 3. The van der Waals surface area contributed by atoms with Gasteiger partial charge in [-0.3, -0.25) is 14.8 Å². The van der Waals surface area contributed by atoms with Crippen molar-refractivity contribution in [3.05, 3.63) is 15.9 Å². The maximum Gasteiger partial charge on any atom is 0.320 e. The van der Waals surface area contributed by atoms with E-state index >= 15 is 0 Å². The van der Waals surface area contributed by atoms with Crippen molar-refractivity contribution in [3.63, 3.8) is 0 Å². The van der Waals surface area contributed by atoms with Gasteiger partial charge in [-0.05, 0) is 29.8 Å². The Morgan fingerprint density at radius 2 is 2.33 bits per heavy atom. The molecule has 15 heavy (non-hydrogen) atoms. The van der Waals surface area contributed by atoms with Crippen molar-refractivity contribution in [3.8, 4) is 0 Å². The molecule has 6 heteroatoms. The van der Waals surface area contributed by atoms with Crippen LogP contribution in [0.2, 0.25) is 0 Å². The summed E-state index contributed by atoms with van der Waals surface area (Å²) in [5, 5.41) is 15.8. The van der Waals surface area contributed by atoms with Crippen molar-refractivity contribution < 1.29 is 9.90 Å². The molecule has 0 aromatic carbocycles. The SMILES string of the molecule is Cc1nn(C)c(CNC(C)C(=O)O)c1Br. The van der Waals surface area contributed by atoms with E-state index in [2.05, 4.69) is 26.3 Å².